The van der Waals surface area contributed by atoms with E-state index in [0.717, 1.165) is 6.42 Å². The van der Waals surface area contributed by atoms with Gasteiger partial charge in [-0.05, 0) is 39.5 Å². The smallest absolute Gasteiger partial charge is 0.0169 e. The normalized spacial score (nSPS) is 11.2. The first kappa shape index (κ1) is 12.2. The second-order valence-electron chi connectivity index (χ2n) is 3.56. The molecule has 0 saturated heterocycles. The van der Waals surface area contributed by atoms with Crippen LogP contribution in [0, 0.1) is 0 Å². The van der Waals surface area contributed by atoms with Crippen molar-refractivity contribution in [2.24, 2.45) is 0 Å². The van der Waals surface area contributed by atoms with Crippen molar-refractivity contribution in [3.8, 4) is 0 Å². The number of allylic oxidation sites excluding steroid dienone is 5. The van der Waals surface area contributed by atoms with Crippen molar-refractivity contribution < 1.29 is 0 Å². The van der Waals surface area contributed by atoms with Gasteiger partial charge in [0.25, 0.3) is 0 Å². The molecule has 0 bridgehead atoms. The molecule has 0 aromatic heterocycles. The lowest BCUT2D eigenvalue weighted by Gasteiger charge is -2.01. The zero-order valence-corrected chi connectivity index (χ0v) is 9.27. The molecule has 0 rings (SSSR count). The van der Waals surface area contributed by atoms with Crippen LogP contribution in [0.5, 0.6) is 0 Å². The summed E-state index contributed by atoms with van der Waals surface area (Å²) in [5.74, 6) is 0. The lowest BCUT2D eigenvalue weighted by Crippen LogP contribution is -1.81. The van der Waals surface area contributed by atoms with Gasteiger partial charge in [-0.15, -0.1) is 6.58 Å². The maximum absolute atomic E-state index is 3.72. The molecular formula is C13H22. The van der Waals surface area contributed by atoms with Crippen LogP contribution in [0.3, 0.4) is 0 Å². The highest BCUT2D eigenvalue weighted by atomic mass is 14.0. The van der Waals surface area contributed by atoms with E-state index in [-0.39, 0.29) is 0 Å². The Hall–Kier alpha value is -0.780. The van der Waals surface area contributed by atoms with Crippen LogP contribution in [0.4, 0.5) is 0 Å². The Bertz CT molecular complexity index is 190. The molecule has 0 amide bonds. The Morgan fingerprint density at radius 2 is 1.92 bits per heavy atom. The van der Waals surface area contributed by atoms with Crippen molar-refractivity contribution in [1.82, 2.24) is 0 Å². The summed E-state index contributed by atoms with van der Waals surface area (Å²) in [5.41, 5.74) is 2.97. The van der Waals surface area contributed by atoms with Gasteiger partial charge in [0.1, 0.15) is 0 Å². The molecule has 0 unspecified atom stereocenters. The lowest BCUT2D eigenvalue weighted by molar-refractivity contribution is 0.894. The van der Waals surface area contributed by atoms with Gasteiger partial charge < -0.3 is 0 Å². The van der Waals surface area contributed by atoms with E-state index >= 15 is 0 Å². The molecular weight excluding hydrogens is 156 g/mol. The molecule has 0 atom stereocenters. The molecule has 0 aliphatic carbocycles. The third-order valence-electron chi connectivity index (χ3n) is 2.05. The second kappa shape index (κ2) is 7.85. The van der Waals surface area contributed by atoms with Gasteiger partial charge in [-0.2, -0.15) is 0 Å². The Balaban J connectivity index is 3.84. The molecule has 0 aromatic carbocycles. The van der Waals surface area contributed by atoms with Crippen molar-refractivity contribution >= 4 is 0 Å². The summed E-state index contributed by atoms with van der Waals surface area (Å²) in [7, 11) is 0. The minimum absolute atomic E-state index is 1.01. The van der Waals surface area contributed by atoms with E-state index < -0.39 is 0 Å². The van der Waals surface area contributed by atoms with Gasteiger partial charge >= 0.3 is 0 Å². The van der Waals surface area contributed by atoms with E-state index in [1.54, 1.807) is 5.57 Å². The van der Waals surface area contributed by atoms with Crippen LogP contribution in [-0.4, -0.2) is 0 Å². The molecule has 0 saturated carbocycles. The molecule has 0 heterocycles. The van der Waals surface area contributed by atoms with Gasteiger partial charge in [-0.1, -0.05) is 36.3 Å². The van der Waals surface area contributed by atoms with Gasteiger partial charge in [-0.3, -0.25) is 0 Å². The lowest BCUT2D eigenvalue weighted by atomic mass is 10.1. The zero-order chi connectivity index (χ0) is 10.1. The number of rotatable bonds is 6. The fourth-order valence-corrected chi connectivity index (χ4v) is 1.22. The van der Waals surface area contributed by atoms with Crippen molar-refractivity contribution in [2.75, 3.05) is 0 Å². The third-order valence-corrected chi connectivity index (χ3v) is 2.05. The SMILES string of the molecule is C=CCC=C(CC)CCC=C(C)C. The molecule has 0 aliphatic rings. The summed E-state index contributed by atoms with van der Waals surface area (Å²) in [5, 5.41) is 0. The standard InChI is InChI=1S/C13H22/c1-5-7-10-13(6-2)11-8-9-12(3)4/h5,9-10H,1,6-8,11H2,2-4H3. The van der Waals surface area contributed by atoms with Crippen LogP contribution in [0.2, 0.25) is 0 Å². The van der Waals surface area contributed by atoms with Crippen LogP contribution in [0.15, 0.2) is 36.0 Å². The maximum Gasteiger partial charge on any atom is -0.0169 e. The average Bonchev–Trinajstić information content (AvgIpc) is 2.10. The molecule has 0 aromatic rings. The summed E-state index contributed by atoms with van der Waals surface area (Å²) < 4.78 is 0. The first-order valence-corrected chi connectivity index (χ1v) is 5.12. The van der Waals surface area contributed by atoms with Crippen molar-refractivity contribution in [3.63, 3.8) is 0 Å². The maximum atomic E-state index is 3.72. The summed E-state index contributed by atoms with van der Waals surface area (Å²) >= 11 is 0. The van der Waals surface area contributed by atoms with Crippen LogP contribution in [0.25, 0.3) is 0 Å². The minimum Gasteiger partial charge on any atom is -0.103 e. The van der Waals surface area contributed by atoms with Gasteiger partial charge in [0.05, 0.1) is 0 Å². The van der Waals surface area contributed by atoms with Crippen LogP contribution < -0.4 is 0 Å². The fraction of sp³-hybridized carbons (Fsp3) is 0.538. The number of hydrogen-bond donors (Lipinski definition) is 0. The zero-order valence-electron chi connectivity index (χ0n) is 9.27. The van der Waals surface area contributed by atoms with E-state index in [1.807, 2.05) is 6.08 Å². The first-order chi connectivity index (χ1) is 6.20. The quantitative estimate of drug-likeness (QED) is 0.519. The van der Waals surface area contributed by atoms with Crippen molar-refractivity contribution in [3.05, 3.63) is 36.0 Å². The van der Waals surface area contributed by atoms with Gasteiger partial charge in [0.15, 0.2) is 0 Å². The molecule has 0 nitrogen and oxygen atoms in total. The topological polar surface area (TPSA) is 0 Å². The Morgan fingerprint density at radius 3 is 2.38 bits per heavy atom. The van der Waals surface area contributed by atoms with Gasteiger partial charge in [0.2, 0.25) is 0 Å². The fourth-order valence-electron chi connectivity index (χ4n) is 1.22. The van der Waals surface area contributed by atoms with Crippen LogP contribution in [-0.2, 0) is 0 Å². The van der Waals surface area contributed by atoms with Crippen molar-refractivity contribution in [1.29, 1.82) is 0 Å². The van der Waals surface area contributed by atoms with Gasteiger partial charge in [-0.25, -0.2) is 0 Å². The molecule has 74 valence electrons. The second-order valence-corrected chi connectivity index (χ2v) is 3.56. The van der Waals surface area contributed by atoms with E-state index in [0.29, 0.717) is 0 Å². The highest BCUT2D eigenvalue weighted by Gasteiger charge is 1.91. The van der Waals surface area contributed by atoms with Crippen molar-refractivity contribution in [2.45, 2.75) is 46.5 Å². The van der Waals surface area contributed by atoms with E-state index in [1.165, 1.54) is 24.8 Å². The number of hydrogen-bond acceptors (Lipinski definition) is 0. The highest BCUT2D eigenvalue weighted by molar-refractivity contribution is 5.06. The summed E-state index contributed by atoms with van der Waals surface area (Å²) in [6.07, 6.45) is 11.1. The summed E-state index contributed by atoms with van der Waals surface area (Å²) in [6.45, 7) is 10.2. The van der Waals surface area contributed by atoms with Gasteiger partial charge in [0, 0.05) is 0 Å². The van der Waals surface area contributed by atoms with Crippen LogP contribution >= 0.6 is 0 Å². The van der Waals surface area contributed by atoms with Crippen LogP contribution in [0.1, 0.15) is 46.5 Å². The largest absolute Gasteiger partial charge is 0.103 e. The van der Waals surface area contributed by atoms with E-state index in [2.05, 4.69) is 39.5 Å². The van der Waals surface area contributed by atoms with E-state index in [4.69, 9.17) is 0 Å². The third kappa shape index (κ3) is 7.58. The summed E-state index contributed by atoms with van der Waals surface area (Å²) in [6, 6.07) is 0. The molecule has 0 N–H and O–H groups in total. The molecule has 0 spiro atoms. The molecule has 0 radical (unpaired) electrons. The highest BCUT2D eigenvalue weighted by Crippen LogP contribution is 2.11. The molecule has 13 heavy (non-hydrogen) atoms. The predicted octanol–water partition coefficient (Wildman–Crippen LogP) is 4.65. The predicted molar refractivity (Wildman–Crippen MR) is 61.9 cm³/mol. The Labute approximate surface area is 83.0 Å². The Morgan fingerprint density at radius 1 is 1.23 bits per heavy atom. The Kier molecular flexibility index (Phi) is 7.38. The monoisotopic (exact) mass is 178 g/mol. The molecule has 0 heteroatoms. The summed E-state index contributed by atoms with van der Waals surface area (Å²) in [4.78, 5) is 0. The molecule has 0 aliphatic heterocycles. The average molecular weight is 178 g/mol. The molecule has 0 fully saturated rings. The minimum atomic E-state index is 1.01. The van der Waals surface area contributed by atoms with E-state index in [9.17, 15) is 0 Å². The first-order valence-electron chi connectivity index (χ1n) is 5.12.